The van der Waals surface area contributed by atoms with Gasteiger partial charge in [0.05, 0.1) is 11.3 Å². The van der Waals surface area contributed by atoms with Gasteiger partial charge in [-0.1, -0.05) is 35.9 Å². The van der Waals surface area contributed by atoms with Crippen molar-refractivity contribution < 1.29 is 18.0 Å². The van der Waals surface area contributed by atoms with Crippen LogP contribution in [0.4, 0.5) is 18.9 Å². The zero-order chi connectivity index (χ0) is 15.1. The molecule has 106 valence electrons. The summed E-state index contributed by atoms with van der Waals surface area (Å²) in [6.07, 6.45) is -4.93. The third-order valence-electron chi connectivity index (χ3n) is 2.91. The molecule has 0 atom stereocenters. The van der Waals surface area contributed by atoms with E-state index in [1.165, 1.54) is 4.90 Å². The standard InChI is InChI=1S/C14H11ClF3NO/c1-19(2)12-9-6-4-3-5-8(9)11(15)7-10(12)13(20)14(16,17)18/h3-7H,1-2H3. The Morgan fingerprint density at radius 2 is 1.70 bits per heavy atom. The molecule has 0 spiro atoms. The van der Waals surface area contributed by atoms with Gasteiger partial charge in [0.25, 0.3) is 5.78 Å². The van der Waals surface area contributed by atoms with Gasteiger partial charge in [-0.2, -0.15) is 13.2 Å². The van der Waals surface area contributed by atoms with E-state index in [2.05, 4.69) is 0 Å². The molecular weight excluding hydrogens is 291 g/mol. The molecule has 20 heavy (non-hydrogen) atoms. The summed E-state index contributed by atoms with van der Waals surface area (Å²) in [7, 11) is 3.17. The molecule has 0 N–H and O–H groups in total. The lowest BCUT2D eigenvalue weighted by atomic mass is 10.00. The summed E-state index contributed by atoms with van der Waals surface area (Å²) in [6.45, 7) is 0. The van der Waals surface area contributed by atoms with Crippen molar-refractivity contribution >= 4 is 33.8 Å². The van der Waals surface area contributed by atoms with E-state index in [1.807, 2.05) is 0 Å². The average Bonchev–Trinajstić information content (AvgIpc) is 2.36. The van der Waals surface area contributed by atoms with Crippen molar-refractivity contribution in [2.45, 2.75) is 6.18 Å². The van der Waals surface area contributed by atoms with Crippen molar-refractivity contribution in [2.24, 2.45) is 0 Å². The van der Waals surface area contributed by atoms with Crippen LogP contribution in [0.3, 0.4) is 0 Å². The van der Waals surface area contributed by atoms with Crippen LogP contribution in [0.15, 0.2) is 30.3 Å². The molecule has 0 saturated heterocycles. The Balaban J connectivity index is 2.85. The van der Waals surface area contributed by atoms with Gasteiger partial charge >= 0.3 is 6.18 Å². The van der Waals surface area contributed by atoms with E-state index in [0.717, 1.165) is 6.07 Å². The summed E-state index contributed by atoms with van der Waals surface area (Å²) < 4.78 is 38.1. The van der Waals surface area contributed by atoms with Gasteiger partial charge in [0.15, 0.2) is 0 Å². The van der Waals surface area contributed by atoms with Gasteiger partial charge in [0, 0.05) is 29.9 Å². The fourth-order valence-corrected chi connectivity index (χ4v) is 2.40. The topological polar surface area (TPSA) is 20.3 Å². The van der Waals surface area contributed by atoms with Gasteiger partial charge in [-0.05, 0) is 6.07 Å². The molecule has 0 unspecified atom stereocenters. The van der Waals surface area contributed by atoms with E-state index in [4.69, 9.17) is 11.6 Å². The minimum absolute atomic E-state index is 0.124. The van der Waals surface area contributed by atoms with Crippen LogP contribution in [0.2, 0.25) is 5.02 Å². The molecule has 0 amide bonds. The van der Waals surface area contributed by atoms with Gasteiger partial charge in [0.1, 0.15) is 0 Å². The zero-order valence-corrected chi connectivity index (χ0v) is 11.5. The van der Waals surface area contributed by atoms with E-state index in [1.54, 1.807) is 38.4 Å². The number of hydrogen-bond donors (Lipinski definition) is 0. The Bertz CT molecular complexity index is 680. The summed E-state index contributed by atoms with van der Waals surface area (Å²) >= 11 is 5.99. The van der Waals surface area contributed by atoms with Crippen molar-refractivity contribution in [2.75, 3.05) is 19.0 Å². The smallest absolute Gasteiger partial charge is 0.377 e. The number of carbonyl (C=O) groups excluding carboxylic acids is 1. The lowest BCUT2D eigenvalue weighted by molar-refractivity contribution is -0.0884. The Hall–Kier alpha value is -1.75. The first-order valence-corrected chi connectivity index (χ1v) is 6.11. The van der Waals surface area contributed by atoms with Crippen LogP contribution in [0, 0.1) is 0 Å². The fourth-order valence-electron chi connectivity index (χ4n) is 2.12. The molecule has 0 radical (unpaired) electrons. The second-order valence-corrected chi connectivity index (χ2v) is 4.93. The molecule has 0 bridgehead atoms. The first-order chi connectivity index (χ1) is 9.23. The van der Waals surface area contributed by atoms with Crippen molar-refractivity contribution in [3.8, 4) is 0 Å². The third kappa shape index (κ3) is 2.45. The Morgan fingerprint density at radius 1 is 1.15 bits per heavy atom. The highest BCUT2D eigenvalue weighted by Gasteiger charge is 2.41. The van der Waals surface area contributed by atoms with E-state index < -0.39 is 17.5 Å². The quantitative estimate of drug-likeness (QED) is 0.771. The highest BCUT2D eigenvalue weighted by atomic mass is 35.5. The molecule has 0 aromatic heterocycles. The Labute approximate surface area is 118 Å². The number of halogens is 4. The largest absolute Gasteiger partial charge is 0.454 e. The fraction of sp³-hybridized carbons (Fsp3) is 0.214. The molecule has 2 rings (SSSR count). The molecular formula is C14H11ClF3NO. The number of alkyl halides is 3. The van der Waals surface area contributed by atoms with Crippen LogP contribution in [0.25, 0.3) is 10.8 Å². The second-order valence-electron chi connectivity index (χ2n) is 4.52. The number of benzene rings is 2. The van der Waals surface area contributed by atoms with Gasteiger partial charge in [-0.15, -0.1) is 0 Å². The summed E-state index contributed by atoms with van der Waals surface area (Å²) in [6, 6.07) is 7.84. The van der Waals surface area contributed by atoms with Crippen LogP contribution in [0.5, 0.6) is 0 Å². The summed E-state index contributed by atoms with van der Waals surface area (Å²) in [5.74, 6) is -1.89. The van der Waals surface area contributed by atoms with Gasteiger partial charge in [-0.25, -0.2) is 0 Å². The van der Waals surface area contributed by atoms with Crippen LogP contribution < -0.4 is 4.90 Å². The molecule has 0 aliphatic carbocycles. The van der Waals surface area contributed by atoms with Crippen molar-refractivity contribution in [3.63, 3.8) is 0 Å². The van der Waals surface area contributed by atoms with Crippen LogP contribution in [-0.2, 0) is 0 Å². The Kier molecular flexibility index (Phi) is 3.65. The van der Waals surface area contributed by atoms with Crippen molar-refractivity contribution in [1.82, 2.24) is 0 Å². The number of nitrogens with zero attached hydrogens (tertiary/aromatic N) is 1. The Morgan fingerprint density at radius 3 is 2.20 bits per heavy atom. The van der Waals surface area contributed by atoms with E-state index in [9.17, 15) is 18.0 Å². The van der Waals surface area contributed by atoms with Crippen LogP contribution in [0.1, 0.15) is 10.4 Å². The lowest BCUT2D eigenvalue weighted by Gasteiger charge is -2.21. The number of carbonyl (C=O) groups is 1. The number of fused-ring (bicyclic) bond motifs is 1. The van der Waals surface area contributed by atoms with Crippen LogP contribution in [-0.4, -0.2) is 26.1 Å². The number of hydrogen-bond acceptors (Lipinski definition) is 2. The summed E-state index contributed by atoms with van der Waals surface area (Å²) in [5, 5.41) is 1.24. The number of Topliss-reactive ketones (excluding diaryl/α,β-unsaturated/α-hetero) is 1. The van der Waals surface area contributed by atoms with Gasteiger partial charge in [-0.3, -0.25) is 4.79 Å². The zero-order valence-electron chi connectivity index (χ0n) is 10.8. The molecule has 2 aromatic carbocycles. The molecule has 2 aromatic rings. The van der Waals surface area contributed by atoms with Crippen LogP contribution >= 0.6 is 11.6 Å². The maximum atomic E-state index is 12.7. The summed E-state index contributed by atoms with van der Waals surface area (Å²) in [4.78, 5) is 13.1. The predicted octanol–water partition coefficient (Wildman–Crippen LogP) is 4.30. The van der Waals surface area contributed by atoms with Crippen molar-refractivity contribution in [3.05, 3.63) is 40.9 Å². The summed E-state index contributed by atoms with van der Waals surface area (Å²) in [5.41, 5.74) is -0.224. The first kappa shape index (κ1) is 14.7. The lowest BCUT2D eigenvalue weighted by Crippen LogP contribution is -2.25. The molecule has 2 nitrogen and oxygen atoms in total. The molecule has 0 aliphatic rings. The predicted molar refractivity (Wildman–Crippen MR) is 73.7 cm³/mol. The van der Waals surface area contributed by atoms with E-state index in [0.29, 0.717) is 10.8 Å². The number of anilines is 1. The van der Waals surface area contributed by atoms with Gasteiger partial charge < -0.3 is 4.90 Å². The second kappa shape index (κ2) is 4.98. The third-order valence-corrected chi connectivity index (χ3v) is 3.23. The first-order valence-electron chi connectivity index (χ1n) is 5.73. The maximum Gasteiger partial charge on any atom is 0.454 e. The highest BCUT2D eigenvalue weighted by Crippen LogP contribution is 2.37. The SMILES string of the molecule is CN(C)c1c(C(=O)C(F)(F)F)cc(Cl)c2ccccc12. The minimum Gasteiger partial charge on any atom is -0.377 e. The van der Waals surface area contributed by atoms with E-state index in [-0.39, 0.29) is 10.7 Å². The molecule has 0 fully saturated rings. The highest BCUT2D eigenvalue weighted by molar-refractivity contribution is 6.37. The monoisotopic (exact) mass is 301 g/mol. The minimum atomic E-state index is -4.93. The normalized spacial score (nSPS) is 11.7. The number of rotatable bonds is 2. The van der Waals surface area contributed by atoms with Crippen molar-refractivity contribution in [1.29, 1.82) is 0 Å². The maximum absolute atomic E-state index is 12.7. The molecule has 6 heteroatoms. The van der Waals surface area contributed by atoms with E-state index >= 15 is 0 Å². The molecule has 0 saturated carbocycles. The molecule has 0 heterocycles. The van der Waals surface area contributed by atoms with Gasteiger partial charge in [0.2, 0.25) is 0 Å². The molecule has 0 aliphatic heterocycles. The number of ketones is 1. The average molecular weight is 302 g/mol.